The van der Waals surface area contributed by atoms with Crippen LogP contribution in [0.4, 0.5) is 5.69 Å². The lowest BCUT2D eigenvalue weighted by Gasteiger charge is -2.28. The van der Waals surface area contributed by atoms with E-state index in [0.29, 0.717) is 0 Å². The van der Waals surface area contributed by atoms with Crippen LogP contribution in [0, 0.1) is 0 Å². The third-order valence-corrected chi connectivity index (χ3v) is 3.07. The minimum absolute atomic E-state index is 0.167. The van der Waals surface area contributed by atoms with Crippen molar-refractivity contribution < 1.29 is 5.11 Å². The molecule has 0 bridgehead atoms. The van der Waals surface area contributed by atoms with E-state index in [1.165, 1.54) is 43.6 Å². The van der Waals surface area contributed by atoms with Gasteiger partial charge in [0.25, 0.3) is 0 Å². The standard InChI is InChI=1S/C13H19N.C3H8O/c1-2-12-6-8-13(9-7-12)14-10-4-3-5-11-14;1-3(2)4/h6-9H,2-5,10-11H2,1H3;3-4H,1-2H3. The lowest BCUT2D eigenvalue weighted by molar-refractivity contribution is 0.216. The van der Waals surface area contributed by atoms with Crippen molar-refractivity contribution in [1.82, 2.24) is 0 Å². The summed E-state index contributed by atoms with van der Waals surface area (Å²) in [7, 11) is 0. The highest BCUT2D eigenvalue weighted by Crippen LogP contribution is 2.20. The molecule has 0 saturated carbocycles. The van der Waals surface area contributed by atoms with Gasteiger partial charge >= 0.3 is 0 Å². The number of anilines is 1. The summed E-state index contributed by atoms with van der Waals surface area (Å²) in [6.45, 7) is 8.13. The highest BCUT2D eigenvalue weighted by atomic mass is 16.3. The maximum absolute atomic E-state index is 8.06. The molecule has 0 radical (unpaired) electrons. The summed E-state index contributed by atoms with van der Waals surface area (Å²) in [5.74, 6) is 0. The van der Waals surface area contributed by atoms with Crippen LogP contribution in [0.2, 0.25) is 0 Å². The first-order valence-corrected chi connectivity index (χ1v) is 7.15. The summed E-state index contributed by atoms with van der Waals surface area (Å²) in [4.78, 5) is 2.50. The van der Waals surface area contributed by atoms with Crippen molar-refractivity contribution >= 4 is 5.69 Å². The number of hydrogen-bond donors (Lipinski definition) is 1. The van der Waals surface area contributed by atoms with Crippen LogP contribution in [0.1, 0.15) is 45.6 Å². The molecule has 2 rings (SSSR count). The molecule has 1 aromatic rings. The summed E-state index contributed by atoms with van der Waals surface area (Å²) >= 11 is 0. The monoisotopic (exact) mass is 249 g/mol. The smallest absolute Gasteiger partial charge is 0.0483 e. The molecule has 2 heteroatoms. The molecule has 1 saturated heterocycles. The fourth-order valence-corrected chi connectivity index (χ4v) is 2.09. The largest absolute Gasteiger partial charge is 0.394 e. The van der Waals surface area contributed by atoms with Crippen molar-refractivity contribution in [3.05, 3.63) is 29.8 Å². The highest BCUT2D eigenvalue weighted by molar-refractivity contribution is 5.47. The van der Waals surface area contributed by atoms with Gasteiger partial charge in [0.15, 0.2) is 0 Å². The van der Waals surface area contributed by atoms with Gasteiger partial charge in [-0.25, -0.2) is 0 Å². The van der Waals surface area contributed by atoms with Gasteiger partial charge in [-0.2, -0.15) is 0 Å². The van der Waals surface area contributed by atoms with E-state index in [9.17, 15) is 0 Å². The highest BCUT2D eigenvalue weighted by Gasteiger charge is 2.09. The van der Waals surface area contributed by atoms with Crippen LogP contribution in [0.5, 0.6) is 0 Å². The average molecular weight is 249 g/mol. The van der Waals surface area contributed by atoms with E-state index in [0.717, 1.165) is 6.42 Å². The van der Waals surface area contributed by atoms with Gasteiger partial charge in [0, 0.05) is 24.9 Å². The number of aliphatic hydroxyl groups is 1. The summed E-state index contributed by atoms with van der Waals surface area (Å²) in [5.41, 5.74) is 2.84. The Morgan fingerprint density at radius 2 is 1.56 bits per heavy atom. The Labute approximate surface area is 112 Å². The molecular weight excluding hydrogens is 222 g/mol. The van der Waals surface area contributed by atoms with Crippen molar-refractivity contribution in [2.45, 2.75) is 52.6 Å². The topological polar surface area (TPSA) is 23.5 Å². The maximum atomic E-state index is 8.06. The van der Waals surface area contributed by atoms with Gasteiger partial charge in [-0.05, 0) is 57.2 Å². The van der Waals surface area contributed by atoms with Gasteiger partial charge in [0.2, 0.25) is 0 Å². The summed E-state index contributed by atoms with van der Waals surface area (Å²) in [6, 6.07) is 9.04. The van der Waals surface area contributed by atoms with E-state index < -0.39 is 0 Å². The fourth-order valence-electron chi connectivity index (χ4n) is 2.09. The molecular formula is C16H27NO. The van der Waals surface area contributed by atoms with Gasteiger partial charge in [-0.15, -0.1) is 0 Å². The van der Waals surface area contributed by atoms with Crippen molar-refractivity contribution in [1.29, 1.82) is 0 Å². The Morgan fingerprint density at radius 3 is 2.00 bits per heavy atom. The molecule has 0 atom stereocenters. The quantitative estimate of drug-likeness (QED) is 0.865. The summed E-state index contributed by atoms with van der Waals surface area (Å²) in [5, 5.41) is 8.06. The number of benzene rings is 1. The molecule has 102 valence electrons. The summed E-state index contributed by atoms with van der Waals surface area (Å²) < 4.78 is 0. The van der Waals surface area contributed by atoms with Gasteiger partial charge in [-0.3, -0.25) is 0 Å². The Hall–Kier alpha value is -1.02. The molecule has 1 N–H and O–H groups in total. The minimum atomic E-state index is -0.167. The van der Waals surface area contributed by atoms with Crippen LogP contribution in [-0.4, -0.2) is 24.3 Å². The van der Waals surface area contributed by atoms with Crippen molar-refractivity contribution in [2.75, 3.05) is 18.0 Å². The van der Waals surface area contributed by atoms with Gasteiger partial charge < -0.3 is 10.0 Å². The number of aliphatic hydroxyl groups excluding tert-OH is 1. The normalized spacial score (nSPS) is 15.3. The molecule has 1 aliphatic heterocycles. The first kappa shape index (κ1) is 15.0. The Morgan fingerprint density at radius 1 is 1.06 bits per heavy atom. The third kappa shape index (κ3) is 5.54. The van der Waals surface area contributed by atoms with Crippen LogP contribution >= 0.6 is 0 Å². The van der Waals surface area contributed by atoms with E-state index in [4.69, 9.17) is 5.11 Å². The summed E-state index contributed by atoms with van der Waals surface area (Å²) in [6.07, 6.45) is 5.09. The number of hydrogen-bond acceptors (Lipinski definition) is 2. The van der Waals surface area contributed by atoms with E-state index in [2.05, 4.69) is 36.1 Å². The lowest BCUT2D eigenvalue weighted by Crippen LogP contribution is -2.29. The van der Waals surface area contributed by atoms with E-state index >= 15 is 0 Å². The van der Waals surface area contributed by atoms with Crippen LogP contribution in [0.25, 0.3) is 0 Å². The number of rotatable bonds is 2. The van der Waals surface area contributed by atoms with Crippen molar-refractivity contribution in [3.8, 4) is 0 Å². The number of piperidine rings is 1. The molecule has 1 heterocycles. The van der Waals surface area contributed by atoms with E-state index in [1.807, 2.05) is 0 Å². The first-order chi connectivity index (χ1) is 8.63. The molecule has 0 aliphatic carbocycles. The van der Waals surface area contributed by atoms with Crippen LogP contribution in [0.15, 0.2) is 24.3 Å². The molecule has 0 amide bonds. The van der Waals surface area contributed by atoms with E-state index in [1.54, 1.807) is 13.8 Å². The Kier molecular flexibility index (Phi) is 6.81. The second-order valence-electron chi connectivity index (χ2n) is 5.16. The zero-order valence-corrected chi connectivity index (χ0v) is 12.0. The van der Waals surface area contributed by atoms with Crippen LogP contribution in [-0.2, 0) is 6.42 Å². The van der Waals surface area contributed by atoms with Gasteiger partial charge in [-0.1, -0.05) is 19.1 Å². The lowest BCUT2D eigenvalue weighted by atomic mass is 10.1. The molecule has 1 fully saturated rings. The fraction of sp³-hybridized carbons (Fsp3) is 0.625. The zero-order chi connectivity index (χ0) is 13.4. The van der Waals surface area contributed by atoms with Crippen LogP contribution < -0.4 is 4.90 Å². The average Bonchev–Trinajstić information content (AvgIpc) is 2.39. The predicted molar refractivity (Wildman–Crippen MR) is 79.2 cm³/mol. The Bertz CT molecular complexity index is 310. The van der Waals surface area contributed by atoms with Crippen molar-refractivity contribution in [2.24, 2.45) is 0 Å². The third-order valence-electron chi connectivity index (χ3n) is 3.07. The van der Waals surface area contributed by atoms with Gasteiger partial charge in [0.1, 0.15) is 0 Å². The molecule has 18 heavy (non-hydrogen) atoms. The molecule has 0 spiro atoms. The van der Waals surface area contributed by atoms with Crippen LogP contribution in [0.3, 0.4) is 0 Å². The van der Waals surface area contributed by atoms with Gasteiger partial charge in [0.05, 0.1) is 0 Å². The predicted octanol–water partition coefficient (Wildman–Crippen LogP) is 3.63. The number of nitrogens with zero attached hydrogens (tertiary/aromatic N) is 1. The number of aryl methyl sites for hydroxylation is 1. The minimum Gasteiger partial charge on any atom is -0.394 e. The first-order valence-electron chi connectivity index (χ1n) is 7.15. The molecule has 0 aromatic heterocycles. The molecule has 2 nitrogen and oxygen atoms in total. The van der Waals surface area contributed by atoms with Crippen molar-refractivity contribution in [3.63, 3.8) is 0 Å². The second-order valence-corrected chi connectivity index (χ2v) is 5.16. The second kappa shape index (κ2) is 8.15. The molecule has 1 aliphatic rings. The molecule has 1 aromatic carbocycles. The SMILES string of the molecule is CC(C)O.CCc1ccc(N2CCCCC2)cc1. The molecule has 0 unspecified atom stereocenters. The Balaban J connectivity index is 0.000000357. The van der Waals surface area contributed by atoms with E-state index in [-0.39, 0.29) is 6.10 Å². The zero-order valence-electron chi connectivity index (χ0n) is 12.0. The maximum Gasteiger partial charge on any atom is 0.0483 e.